The van der Waals surface area contributed by atoms with Crippen molar-refractivity contribution >= 4 is 11.8 Å². The summed E-state index contributed by atoms with van der Waals surface area (Å²) in [5.41, 5.74) is -0.459. The predicted octanol–water partition coefficient (Wildman–Crippen LogP) is 1.62. The molecule has 0 aromatic rings. The number of ketones is 1. The summed E-state index contributed by atoms with van der Waals surface area (Å²) in [6.45, 7) is 2.06. The Kier molecular flexibility index (Phi) is 2.17. The Hall–Kier alpha value is -1.12. The molecule has 14 heavy (non-hydrogen) atoms. The highest BCUT2D eigenvalue weighted by molar-refractivity contribution is 5.92. The normalized spacial score (nSPS) is 35.6. The fraction of sp³-hybridized carbons (Fsp3) is 0.636. The van der Waals surface area contributed by atoms with Gasteiger partial charge in [-0.1, -0.05) is 13.3 Å². The molecule has 0 aromatic carbocycles. The highest BCUT2D eigenvalue weighted by Crippen LogP contribution is 2.42. The van der Waals surface area contributed by atoms with Crippen LogP contribution in [-0.4, -0.2) is 17.4 Å². The second-order valence-electron chi connectivity index (χ2n) is 4.08. The molecule has 3 nitrogen and oxygen atoms in total. The van der Waals surface area contributed by atoms with Gasteiger partial charge in [0.1, 0.15) is 5.60 Å². The quantitative estimate of drug-likeness (QED) is 0.627. The van der Waals surface area contributed by atoms with Gasteiger partial charge in [0.05, 0.1) is 6.42 Å². The van der Waals surface area contributed by atoms with Crippen molar-refractivity contribution in [3.63, 3.8) is 0 Å². The van der Waals surface area contributed by atoms with E-state index in [1.807, 2.05) is 0 Å². The molecule has 1 aliphatic carbocycles. The van der Waals surface area contributed by atoms with Crippen LogP contribution in [0, 0.1) is 5.92 Å². The monoisotopic (exact) mass is 194 g/mol. The van der Waals surface area contributed by atoms with Crippen LogP contribution in [0.4, 0.5) is 0 Å². The number of esters is 1. The Bertz CT molecular complexity index is 306. The summed E-state index contributed by atoms with van der Waals surface area (Å²) in [7, 11) is 0. The molecule has 2 rings (SSSR count). The van der Waals surface area contributed by atoms with Crippen molar-refractivity contribution in [2.24, 2.45) is 5.92 Å². The summed E-state index contributed by atoms with van der Waals surface area (Å²) in [5, 5.41) is 0. The zero-order valence-corrected chi connectivity index (χ0v) is 8.29. The minimum absolute atomic E-state index is 0.0763. The van der Waals surface area contributed by atoms with Gasteiger partial charge >= 0.3 is 5.97 Å². The summed E-state index contributed by atoms with van der Waals surface area (Å²) in [4.78, 5) is 22.4. The van der Waals surface area contributed by atoms with Crippen molar-refractivity contribution in [1.82, 2.24) is 0 Å². The summed E-state index contributed by atoms with van der Waals surface area (Å²) in [6.07, 6.45) is 6.00. The summed E-state index contributed by atoms with van der Waals surface area (Å²) < 4.78 is 5.36. The van der Waals surface area contributed by atoms with E-state index in [1.165, 1.54) is 0 Å². The summed E-state index contributed by atoms with van der Waals surface area (Å²) in [6, 6.07) is 0. The first-order valence-electron chi connectivity index (χ1n) is 5.10. The second-order valence-corrected chi connectivity index (χ2v) is 4.08. The highest BCUT2D eigenvalue weighted by atomic mass is 16.6. The predicted molar refractivity (Wildman–Crippen MR) is 50.6 cm³/mol. The smallest absolute Gasteiger partial charge is 0.307 e. The molecule has 0 amide bonds. The number of hydrogen-bond donors (Lipinski definition) is 0. The largest absolute Gasteiger partial charge is 0.454 e. The van der Waals surface area contributed by atoms with Gasteiger partial charge < -0.3 is 4.74 Å². The van der Waals surface area contributed by atoms with Crippen molar-refractivity contribution in [2.45, 2.75) is 38.2 Å². The molecule has 3 heteroatoms. The topological polar surface area (TPSA) is 43.4 Å². The second kappa shape index (κ2) is 3.23. The van der Waals surface area contributed by atoms with E-state index in [-0.39, 0.29) is 17.7 Å². The molecule has 0 saturated carbocycles. The van der Waals surface area contributed by atoms with Crippen molar-refractivity contribution in [2.75, 3.05) is 0 Å². The average Bonchev–Trinajstić information content (AvgIpc) is 2.42. The Labute approximate surface area is 83.1 Å². The van der Waals surface area contributed by atoms with Crippen LogP contribution in [0.25, 0.3) is 0 Å². The number of ether oxygens (including phenoxy) is 1. The number of carbonyl (C=O) groups is 2. The maximum absolute atomic E-state index is 11.2. The highest BCUT2D eigenvalue weighted by Gasteiger charge is 2.48. The molecule has 2 aliphatic rings. The number of rotatable bonds is 2. The first-order chi connectivity index (χ1) is 6.66. The van der Waals surface area contributed by atoms with Gasteiger partial charge in [-0.15, -0.1) is 0 Å². The minimum Gasteiger partial charge on any atom is -0.454 e. The standard InChI is InChI=1S/C11H14O3/c1-2-4-11-5-3-9(12)6-8(11)7-10(13)14-11/h3,5,8H,2,4,6-7H2,1H3/t8-,11-/m1/s1. The van der Waals surface area contributed by atoms with E-state index in [4.69, 9.17) is 4.74 Å². The zero-order chi connectivity index (χ0) is 10.2. The van der Waals surface area contributed by atoms with Gasteiger partial charge in [-0.2, -0.15) is 0 Å². The van der Waals surface area contributed by atoms with Crippen LogP contribution < -0.4 is 0 Å². The van der Waals surface area contributed by atoms with Gasteiger partial charge in [-0.3, -0.25) is 9.59 Å². The third-order valence-electron chi connectivity index (χ3n) is 3.05. The third kappa shape index (κ3) is 1.37. The molecule has 1 fully saturated rings. The van der Waals surface area contributed by atoms with Crippen LogP contribution in [0.2, 0.25) is 0 Å². The lowest BCUT2D eigenvalue weighted by Crippen LogP contribution is -2.37. The summed E-state index contributed by atoms with van der Waals surface area (Å²) >= 11 is 0. The molecular formula is C11H14O3. The first kappa shape index (κ1) is 9.44. The van der Waals surface area contributed by atoms with E-state index in [0.717, 1.165) is 12.8 Å². The van der Waals surface area contributed by atoms with E-state index >= 15 is 0 Å². The summed E-state index contributed by atoms with van der Waals surface area (Å²) in [5.74, 6) is 0.0234. The number of carbonyl (C=O) groups excluding carboxylic acids is 2. The first-order valence-corrected chi connectivity index (χ1v) is 5.10. The van der Waals surface area contributed by atoms with Gasteiger partial charge in [-0.05, 0) is 18.6 Å². The molecule has 1 aliphatic heterocycles. The lowest BCUT2D eigenvalue weighted by atomic mass is 9.77. The lowest BCUT2D eigenvalue weighted by molar-refractivity contribution is -0.147. The number of hydrogen-bond acceptors (Lipinski definition) is 3. The molecule has 0 unspecified atom stereocenters. The fourth-order valence-corrected chi connectivity index (χ4v) is 2.40. The molecule has 2 atom stereocenters. The van der Waals surface area contributed by atoms with E-state index in [1.54, 1.807) is 12.2 Å². The van der Waals surface area contributed by atoms with E-state index < -0.39 is 5.60 Å². The van der Waals surface area contributed by atoms with E-state index in [0.29, 0.717) is 12.8 Å². The Morgan fingerprint density at radius 1 is 1.50 bits per heavy atom. The molecule has 0 N–H and O–H groups in total. The Balaban J connectivity index is 2.28. The Morgan fingerprint density at radius 2 is 2.29 bits per heavy atom. The van der Waals surface area contributed by atoms with Gasteiger partial charge in [0.2, 0.25) is 0 Å². The van der Waals surface area contributed by atoms with Crippen molar-refractivity contribution < 1.29 is 14.3 Å². The van der Waals surface area contributed by atoms with E-state index in [9.17, 15) is 9.59 Å². The van der Waals surface area contributed by atoms with Crippen molar-refractivity contribution in [3.8, 4) is 0 Å². The minimum atomic E-state index is -0.459. The van der Waals surface area contributed by atoms with Crippen LogP contribution in [0.1, 0.15) is 32.6 Å². The maximum atomic E-state index is 11.2. The van der Waals surface area contributed by atoms with Gasteiger partial charge in [0, 0.05) is 12.3 Å². The van der Waals surface area contributed by atoms with Crippen LogP contribution >= 0.6 is 0 Å². The molecule has 1 heterocycles. The van der Waals surface area contributed by atoms with Crippen LogP contribution in [-0.2, 0) is 14.3 Å². The van der Waals surface area contributed by atoms with E-state index in [2.05, 4.69) is 6.92 Å². The average molecular weight is 194 g/mol. The van der Waals surface area contributed by atoms with Crippen LogP contribution in [0.3, 0.4) is 0 Å². The zero-order valence-electron chi connectivity index (χ0n) is 8.29. The molecule has 0 radical (unpaired) electrons. The van der Waals surface area contributed by atoms with Crippen LogP contribution in [0.15, 0.2) is 12.2 Å². The van der Waals surface area contributed by atoms with Crippen molar-refractivity contribution in [1.29, 1.82) is 0 Å². The molecule has 76 valence electrons. The number of fused-ring (bicyclic) bond motifs is 1. The SMILES string of the molecule is CCC[C@@]12C=CC(=O)C[C@@H]1CC(=O)O2. The molecular weight excluding hydrogens is 180 g/mol. The van der Waals surface area contributed by atoms with Gasteiger partial charge in [0.15, 0.2) is 5.78 Å². The van der Waals surface area contributed by atoms with Crippen LogP contribution in [0.5, 0.6) is 0 Å². The van der Waals surface area contributed by atoms with Gasteiger partial charge in [-0.25, -0.2) is 0 Å². The Morgan fingerprint density at radius 3 is 3.00 bits per heavy atom. The molecule has 0 aromatic heterocycles. The van der Waals surface area contributed by atoms with Gasteiger partial charge in [0.25, 0.3) is 0 Å². The number of allylic oxidation sites excluding steroid dienone is 1. The molecule has 0 spiro atoms. The maximum Gasteiger partial charge on any atom is 0.307 e. The molecule has 1 saturated heterocycles. The lowest BCUT2D eigenvalue weighted by Gasteiger charge is -2.32. The molecule has 0 bridgehead atoms. The van der Waals surface area contributed by atoms with Crippen molar-refractivity contribution in [3.05, 3.63) is 12.2 Å². The third-order valence-corrected chi connectivity index (χ3v) is 3.05. The fourth-order valence-electron chi connectivity index (χ4n) is 2.40.